The van der Waals surface area contributed by atoms with Gasteiger partial charge in [0.15, 0.2) is 51.7 Å². The summed E-state index contributed by atoms with van der Waals surface area (Å²) in [6.45, 7) is 9.50. The Balaban J connectivity index is 0.000000437. The fourth-order valence-electron chi connectivity index (χ4n) is 11.6. The number of nitrogens with two attached hydrogens (primary N) is 2. The third-order valence-corrected chi connectivity index (χ3v) is 18.0. The van der Waals surface area contributed by atoms with Gasteiger partial charge < -0.3 is 82.7 Å². The highest BCUT2D eigenvalue weighted by atomic mass is 35.5. The lowest BCUT2D eigenvalue weighted by molar-refractivity contribution is -0.167. The van der Waals surface area contributed by atoms with Crippen molar-refractivity contribution in [1.82, 2.24) is 35.0 Å². The van der Waals surface area contributed by atoms with Crippen LogP contribution in [0.25, 0.3) is 34.0 Å². The van der Waals surface area contributed by atoms with Crippen LogP contribution < -0.4 is 40.6 Å². The molecule has 0 unspecified atom stereocenters. The number of phenols is 1. The number of hydrogen-bond acceptors (Lipinski definition) is 31. The molecule has 0 atom stereocenters. The Morgan fingerprint density at radius 1 is 0.410 bits per heavy atom. The Bertz CT molecular complexity index is 6360. The predicted octanol–water partition coefficient (Wildman–Crippen LogP) is 19.2. The molecule has 0 bridgehead atoms. The number of aromatic nitrogens is 7. The quantitative estimate of drug-likeness (QED) is 0.00558. The number of benzene rings is 8. The number of carbonyl (C=O) groups is 10. The van der Waals surface area contributed by atoms with Crippen LogP contribution in [0, 0.1) is 0 Å². The Morgan fingerprint density at radius 2 is 0.757 bits per heavy atom. The number of carbonyl (C=O) groups excluding carboxylic acids is 9. The first-order valence-electron chi connectivity index (χ1n) is 41.1. The van der Waals surface area contributed by atoms with Gasteiger partial charge in [-0.05, 0) is 150 Å². The predicted molar refractivity (Wildman–Crippen MR) is 495 cm³/mol. The highest BCUT2D eigenvalue weighted by Crippen LogP contribution is 2.41. The number of amides is 1. The van der Waals surface area contributed by atoms with Gasteiger partial charge in [-0.15, -0.1) is 24.8 Å². The van der Waals surface area contributed by atoms with Crippen molar-refractivity contribution in [3.8, 4) is 68.5 Å². The minimum Gasteiger partial charge on any atom is -0.507 e. The van der Waals surface area contributed by atoms with Crippen LogP contribution in [-0.2, 0) is 75.9 Å². The van der Waals surface area contributed by atoms with Crippen LogP contribution in [0.2, 0.25) is 0 Å². The number of ketones is 4. The van der Waals surface area contributed by atoms with E-state index < -0.39 is 113 Å². The lowest BCUT2D eigenvalue weighted by Gasteiger charge is -2.16. The molecular formula is C95H94Cl2F12N10O25. The van der Waals surface area contributed by atoms with Crippen molar-refractivity contribution in [3.63, 3.8) is 0 Å². The fourth-order valence-corrected chi connectivity index (χ4v) is 11.6. The molecule has 13 aromatic rings. The monoisotopic (exact) mass is 2070 g/mol. The highest BCUT2D eigenvalue weighted by Gasteiger charge is 2.40. The largest absolute Gasteiger partial charge is 0.507 e. The van der Waals surface area contributed by atoms with Gasteiger partial charge in [-0.3, -0.25) is 33.3 Å². The highest BCUT2D eigenvalue weighted by molar-refractivity contribution is 6.38. The third kappa shape index (κ3) is 38.0. The molecule has 35 nitrogen and oxygen atoms in total. The van der Waals surface area contributed by atoms with Crippen molar-refractivity contribution < 1.29 is 172 Å². The Labute approximate surface area is 823 Å². The van der Waals surface area contributed by atoms with Gasteiger partial charge in [0, 0.05) is 30.6 Å². The zero-order valence-electron chi connectivity index (χ0n) is 77.8. The molecule has 5 aromatic heterocycles. The van der Waals surface area contributed by atoms with E-state index in [-0.39, 0.29) is 126 Å². The number of carboxylic acid groups (broad SMARTS) is 1. The molecular weight excluding hydrogens is 1980 g/mol. The number of nitrogens with one attached hydrogen (secondary N) is 1. The molecule has 0 aliphatic rings. The molecule has 144 heavy (non-hydrogen) atoms. The van der Waals surface area contributed by atoms with E-state index in [0.717, 1.165) is 27.1 Å². The number of nitrogen functional groups attached to an aromatic ring is 1. The van der Waals surface area contributed by atoms with Crippen molar-refractivity contribution in [2.75, 3.05) is 73.0 Å². The van der Waals surface area contributed by atoms with Crippen molar-refractivity contribution in [2.45, 2.75) is 85.8 Å². The lowest BCUT2D eigenvalue weighted by atomic mass is 10.0. The van der Waals surface area contributed by atoms with E-state index in [1.807, 2.05) is 42.5 Å². The third-order valence-electron chi connectivity index (χ3n) is 18.0. The Hall–Kier alpha value is -16.4. The van der Waals surface area contributed by atoms with Gasteiger partial charge in [0.2, 0.25) is 5.78 Å². The van der Waals surface area contributed by atoms with Crippen molar-refractivity contribution in [3.05, 3.63) is 292 Å². The molecule has 0 aliphatic heterocycles. The van der Waals surface area contributed by atoms with Gasteiger partial charge >= 0.3 is 54.6 Å². The van der Waals surface area contributed by atoms with Crippen LogP contribution in [0.3, 0.4) is 0 Å². The minimum absolute atomic E-state index is 0. The smallest absolute Gasteiger partial charge is 0.417 e. The average molecular weight is 2070 g/mol. The molecule has 0 fully saturated rings. The second-order valence-electron chi connectivity index (χ2n) is 27.7. The number of halogens is 14. The SMILES string of the molecule is CC(=O)c1ccccc1O.CCOC(=O)C(=O)CC(=O)c1ccccc1OC.CCOC(=O)C(=O)OCC.CCOC(=O)c1cc(-c2ccccc2OC)on1.COc1ccccc1-c1cc(C(=O)Nc2cnn(Cc3ccc(C(F)(F)F)cc3C(F)(F)F)c2)no1.COc1ccccc1-c1cc(C(=O)O)no1.COc1ccccc1C(C)=O.Cl.Cl.NO.Nc1cnn(Cc2ccc(C(F)(F)F)cc2C(F)(F)F)c1. The first-order valence-corrected chi connectivity index (χ1v) is 41.1. The molecule has 0 saturated heterocycles. The first kappa shape index (κ1) is 122. The molecule has 49 heteroatoms. The molecule has 8 N–H and O–H groups in total. The molecule has 0 radical (unpaired) electrons. The standard InChI is InChI=1S/C23H16F6N4O3.C13H13NO4.C13H14O5.C12H9F6N3.C11H9NO4.C9H10O2.C8H8O2.C6H10O4.2ClH.H3NO/c1-35-19-5-3-2-4-16(19)20-9-18(32-36-20)21(34)31-15-10-30-33(12-15)11-13-6-7-14(22(24,25)26)8-17(13)23(27,28)29;1-3-17-13(15)10-8-12(18-14-10)9-6-4-5-7-11(9)16-2;1-3-18-13(16)11(15)8-10(14)9-6-4-5-7-12(9)17-2;13-11(14,15)8-2-1-7(10(3-8)12(16,17)18)5-21-6-9(19)4-20-21;1-15-9-5-3-2-4-7(9)10-6-8(11(13)14)12-16-10;1-7(10)8-5-3-4-6-9(8)11-2;1-6(9)7-4-2-3-5-8(7)10;1-3-9-5(7)6(8)10-4-2;;;1-2/h2-10,12H,11H2,1H3,(H,31,34);4-8H,3H2,1-2H3;4-7H,3,8H2,1-2H3;1-4,6H,5,19H2;2-6H,1H3,(H,13,14);3-6H,1-2H3;2-5,10H,1H3;3-4H2,1-2H3;2*1H;2H,1H2. The lowest BCUT2D eigenvalue weighted by Crippen LogP contribution is -2.20. The van der Waals surface area contributed by atoms with Crippen LogP contribution in [0.1, 0.15) is 144 Å². The Kier molecular flexibility index (Phi) is 50.1. The van der Waals surface area contributed by atoms with Crippen molar-refractivity contribution in [2.24, 2.45) is 5.90 Å². The number of ether oxygens (including phenoxy) is 9. The topological polar surface area (TPSA) is 492 Å². The molecule has 8 aromatic carbocycles. The van der Waals surface area contributed by atoms with E-state index in [0.29, 0.717) is 81.3 Å². The number of para-hydroxylation sites is 6. The molecule has 0 spiro atoms. The van der Waals surface area contributed by atoms with Gasteiger partial charge in [0.25, 0.3) is 5.91 Å². The number of alkyl halides is 12. The maximum atomic E-state index is 13.4. The summed E-state index contributed by atoms with van der Waals surface area (Å²) in [7, 11) is 7.57. The van der Waals surface area contributed by atoms with Crippen LogP contribution in [0.4, 0.5) is 64.1 Å². The summed E-state index contributed by atoms with van der Waals surface area (Å²) in [4.78, 5) is 112. The average Bonchev–Trinajstić information content (AvgIpc) is 1.02. The number of phenolic OH excluding ortho intramolecular Hbond substituents is 1. The number of aromatic hydroxyl groups is 1. The summed E-state index contributed by atoms with van der Waals surface area (Å²) in [6.07, 6.45) is -15.2. The molecule has 772 valence electrons. The van der Waals surface area contributed by atoms with E-state index in [9.17, 15) is 101 Å². The van der Waals surface area contributed by atoms with E-state index in [1.165, 1.54) is 84.2 Å². The first-order chi connectivity index (χ1) is 67.3. The molecule has 5 heterocycles. The number of anilines is 2. The summed E-state index contributed by atoms with van der Waals surface area (Å²) in [6, 6.07) is 48.8. The zero-order valence-corrected chi connectivity index (χ0v) is 79.4. The van der Waals surface area contributed by atoms with Crippen LogP contribution in [0.15, 0.2) is 239 Å². The number of carboxylic acids is 1. The molecule has 0 aliphatic carbocycles. The van der Waals surface area contributed by atoms with Crippen LogP contribution in [-0.4, -0.2) is 171 Å². The van der Waals surface area contributed by atoms with E-state index >= 15 is 0 Å². The van der Waals surface area contributed by atoms with E-state index in [1.54, 1.807) is 139 Å². The summed E-state index contributed by atoms with van der Waals surface area (Å²) in [5.74, 6) is 0.906. The van der Waals surface area contributed by atoms with Gasteiger partial charge in [-0.1, -0.05) is 100 Å². The Morgan fingerprint density at radius 3 is 1.12 bits per heavy atom. The van der Waals surface area contributed by atoms with Crippen LogP contribution in [0.5, 0.6) is 34.5 Å². The molecule has 13 rings (SSSR count). The second-order valence-corrected chi connectivity index (χ2v) is 27.7. The van der Waals surface area contributed by atoms with Gasteiger partial charge in [0.1, 0.15) is 34.5 Å². The summed E-state index contributed by atoms with van der Waals surface area (Å²) in [5, 5.41) is 45.2. The number of Topliss-reactive ketones (excluding diaryl/α,β-unsaturated/α-hetero) is 4. The maximum absolute atomic E-state index is 13.4. The second kappa shape index (κ2) is 59.2. The number of hydrogen-bond donors (Lipinski definition) is 6. The van der Waals surface area contributed by atoms with E-state index in [4.69, 9.17) is 63.1 Å². The number of esters is 4. The normalized spacial score (nSPS) is 10.4. The molecule has 0 saturated carbocycles. The number of aromatic carboxylic acids is 1. The van der Waals surface area contributed by atoms with Gasteiger partial charge in [0.05, 0.1) is 161 Å². The maximum Gasteiger partial charge on any atom is 0.417 e. The van der Waals surface area contributed by atoms with Crippen molar-refractivity contribution >= 4 is 95.1 Å². The summed E-state index contributed by atoms with van der Waals surface area (Å²) in [5.41, 5.74) is 2.70. The minimum atomic E-state index is -5.01. The van der Waals surface area contributed by atoms with Gasteiger partial charge in [-0.2, -0.15) is 62.9 Å². The molecule has 1 amide bonds. The van der Waals surface area contributed by atoms with E-state index in [2.05, 4.69) is 51.1 Å². The van der Waals surface area contributed by atoms with Crippen molar-refractivity contribution in [1.29, 1.82) is 0 Å². The summed E-state index contributed by atoms with van der Waals surface area (Å²) < 4.78 is 216. The zero-order chi connectivity index (χ0) is 106. The number of methoxy groups -OCH3 is 5. The summed E-state index contributed by atoms with van der Waals surface area (Å²) >= 11 is 0. The number of rotatable bonds is 26. The van der Waals surface area contributed by atoms with Crippen LogP contribution >= 0.6 is 24.8 Å². The fraction of sp³-hybridized carbons (Fsp3) is 0.232. The van der Waals surface area contributed by atoms with Gasteiger partial charge in [-0.25, -0.2) is 29.9 Å². The number of nitrogens with zero attached hydrogens (tertiary/aromatic N) is 7.